The molecule has 0 rings (SSSR count). The average molecular weight is 211 g/mol. The van der Waals surface area contributed by atoms with Crippen LogP contribution in [0, 0.1) is 0 Å². The zero-order valence-corrected chi connectivity index (χ0v) is 8.64. The van der Waals surface area contributed by atoms with E-state index in [0.29, 0.717) is 0 Å². The molecule has 2 N–H and O–H groups in total. The van der Waals surface area contributed by atoms with E-state index in [-0.39, 0.29) is 41.7 Å². The van der Waals surface area contributed by atoms with E-state index in [4.69, 9.17) is 10.2 Å². The Morgan fingerprint density at radius 2 is 0.800 bits per heavy atom. The fraction of sp³-hybridized carbons (Fsp3) is 1.00. The van der Waals surface area contributed by atoms with E-state index >= 15 is 0 Å². The van der Waals surface area contributed by atoms with E-state index in [1.165, 1.54) is 0 Å². The van der Waals surface area contributed by atoms with Gasteiger partial charge in [-0.05, 0) is 27.7 Å². The van der Waals surface area contributed by atoms with Gasteiger partial charge in [-0.15, -0.1) is 0 Å². The molecule has 0 aliphatic carbocycles. The molecule has 0 aliphatic rings. The largest absolute Gasteiger partial charge is 1.00 e. The van der Waals surface area contributed by atoms with Crippen molar-refractivity contribution < 1.29 is 39.7 Å². The Balaban J connectivity index is -0.0000000300. The van der Waals surface area contributed by atoms with Crippen LogP contribution in [0.2, 0.25) is 0 Å². The minimum atomic E-state index is -0.167. The van der Waals surface area contributed by atoms with Crippen molar-refractivity contribution in [2.24, 2.45) is 0 Å². The molecule has 0 spiro atoms. The van der Waals surface area contributed by atoms with Gasteiger partial charge in [0.2, 0.25) is 0 Å². The second kappa shape index (κ2) is 16.4. The van der Waals surface area contributed by atoms with Gasteiger partial charge in [0, 0.05) is 29.3 Å². The monoisotopic (exact) mass is 211 g/mol. The number of aliphatic hydroxyl groups is 2. The van der Waals surface area contributed by atoms with Crippen molar-refractivity contribution in [2.75, 3.05) is 0 Å². The summed E-state index contributed by atoms with van der Waals surface area (Å²) in [5, 5.41) is 16.1. The summed E-state index contributed by atoms with van der Waals surface area (Å²) in [5.41, 5.74) is 0. The molecule has 0 saturated heterocycles. The standard InChI is InChI=1S/2C3H8O.ClH.Fe/c2*1-3(2)4;;/h2*3-4H,1-2H3;1H;/p-1. The summed E-state index contributed by atoms with van der Waals surface area (Å²) >= 11 is 0. The van der Waals surface area contributed by atoms with Crippen molar-refractivity contribution >= 4 is 0 Å². The number of hydrogen-bond donors (Lipinski definition) is 2. The second-order valence-corrected chi connectivity index (χ2v) is 2.19. The van der Waals surface area contributed by atoms with Crippen molar-refractivity contribution in [2.45, 2.75) is 39.9 Å². The van der Waals surface area contributed by atoms with Crippen molar-refractivity contribution in [3.05, 3.63) is 0 Å². The summed E-state index contributed by atoms with van der Waals surface area (Å²) in [4.78, 5) is 0. The molecule has 0 fully saturated rings. The molecule has 0 aromatic carbocycles. The van der Waals surface area contributed by atoms with E-state index in [1.54, 1.807) is 27.7 Å². The first-order valence-electron chi connectivity index (χ1n) is 2.83. The SMILES string of the molecule is CC(C)O.CC(C)O.[Cl-].[Fe]. The fourth-order valence-corrected chi connectivity index (χ4v) is 0. The van der Waals surface area contributed by atoms with Gasteiger partial charge in [0.1, 0.15) is 0 Å². The first-order valence-corrected chi connectivity index (χ1v) is 2.83. The van der Waals surface area contributed by atoms with E-state index in [0.717, 1.165) is 0 Å². The fourth-order valence-electron chi connectivity index (χ4n) is 0. The molecule has 10 heavy (non-hydrogen) atoms. The maximum atomic E-state index is 8.06. The Bertz CT molecular complexity index is 31.2. The predicted molar refractivity (Wildman–Crippen MR) is 34.7 cm³/mol. The van der Waals surface area contributed by atoms with Gasteiger partial charge in [0.05, 0.1) is 0 Å². The van der Waals surface area contributed by atoms with Gasteiger partial charge < -0.3 is 22.6 Å². The first kappa shape index (κ1) is 22.4. The minimum Gasteiger partial charge on any atom is -1.00 e. The molecular formula is C6H16ClFeO2-. The van der Waals surface area contributed by atoms with Gasteiger partial charge in [-0.1, -0.05) is 0 Å². The van der Waals surface area contributed by atoms with Crippen LogP contribution in [-0.2, 0) is 17.1 Å². The molecule has 0 radical (unpaired) electrons. The summed E-state index contributed by atoms with van der Waals surface area (Å²) in [7, 11) is 0. The molecule has 0 saturated carbocycles. The minimum absolute atomic E-state index is 0. The van der Waals surface area contributed by atoms with Gasteiger partial charge in [-0.25, -0.2) is 0 Å². The molecule has 0 unspecified atom stereocenters. The molecular weight excluding hydrogens is 195 g/mol. The Hall–Kier alpha value is 0.729. The van der Waals surface area contributed by atoms with E-state index < -0.39 is 0 Å². The van der Waals surface area contributed by atoms with Crippen LogP contribution in [0.3, 0.4) is 0 Å². The molecule has 2 nitrogen and oxygen atoms in total. The normalized spacial score (nSPS) is 7.20. The van der Waals surface area contributed by atoms with Crippen molar-refractivity contribution in [3.8, 4) is 0 Å². The van der Waals surface area contributed by atoms with Crippen molar-refractivity contribution in [1.29, 1.82) is 0 Å². The second-order valence-electron chi connectivity index (χ2n) is 2.19. The molecule has 0 heterocycles. The molecule has 0 amide bonds. The molecule has 0 atom stereocenters. The summed E-state index contributed by atoms with van der Waals surface area (Å²) in [6.45, 7) is 6.89. The van der Waals surface area contributed by atoms with Crippen molar-refractivity contribution in [3.63, 3.8) is 0 Å². The van der Waals surface area contributed by atoms with Gasteiger partial charge in [0.25, 0.3) is 0 Å². The topological polar surface area (TPSA) is 40.5 Å². The Labute approximate surface area is 79.9 Å². The number of rotatable bonds is 0. The van der Waals surface area contributed by atoms with Crippen LogP contribution in [0.5, 0.6) is 0 Å². The van der Waals surface area contributed by atoms with Gasteiger partial charge in [0.15, 0.2) is 0 Å². The molecule has 0 aromatic heterocycles. The van der Waals surface area contributed by atoms with E-state index in [9.17, 15) is 0 Å². The maximum absolute atomic E-state index is 8.06. The number of halogens is 1. The molecule has 0 bridgehead atoms. The Morgan fingerprint density at radius 3 is 0.800 bits per heavy atom. The summed E-state index contributed by atoms with van der Waals surface area (Å²) in [5.74, 6) is 0. The Morgan fingerprint density at radius 1 is 0.800 bits per heavy atom. The van der Waals surface area contributed by atoms with Crippen LogP contribution in [-0.4, -0.2) is 22.4 Å². The molecule has 68 valence electrons. The van der Waals surface area contributed by atoms with Gasteiger partial charge >= 0.3 is 0 Å². The van der Waals surface area contributed by atoms with Crippen LogP contribution in [0.15, 0.2) is 0 Å². The predicted octanol–water partition coefficient (Wildman–Crippen LogP) is -2.22. The van der Waals surface area contributed by atoms with Crippen LogP contribution in [0.25, 0.3) is 0 Å². The van der Waals surface area contributed by atoms with Crippen molar-refractivity contribution in [1.82, 2.24) is 0 Å². The summed E-state index contributed by atoms with van der Waals surface area (Å²) in [6.07, 6.45) is -0.333. The molecule has 0 aromatic rings. The van der Waals surface area contributed by atoms with E-state index in [2.05, 4.69) is 0 Å². The zero-order valence-electron chi connectivity index (χ0n) is 6.78. The quantitative estimate of drug-likeness (QED) is 0.446. The van der Waals surface area contributed by atoms with Gasteiger partial charge in [-0.2, -0.15) is 0 Å². The third-order valence-electron chi connectivity index (χ3n) is 0. The average Bonchev–Trinajstić information content (AvgIpc) is 1.25. The Kier molecular flexibility index (Phi) is 36.7. The van der Waals surface area contributed by atoms with E-state index in [1.807, 2.05) is 0 Å². The summed E-state index contributed by atoms with van der Waals surface area (Å²) in [6, 6.07) is 0. The van der Waals surface area contributed by atoms with Crippen LogP contribution < -0.4 is 12.4 Å². The smallest absolute Gasteiger partial charge is 0.0483 e. The molecule has 4 heteroatoms. The molecule has 0 aliphatic heterocycles. The van der Waals surface area contributed by atoms with Gasteiger partial charge in [-0.3, -0.25) is 0 Å². The first-order chi connectivity index (χ1) is 3.46. The zero-order chi connectivity index (χ0) is 7.15. The maximum Gasteiger partial charge on any atom is 0.0483 e. The number of aliphatic hydroxyl groups excluding tert-OH is 2. The number of hydrogen-bond acceptors (Lipinski definition) is 2. The van der Waals surface area contributed by atoms with Crippen LogP contribution in [0.1, 0.15) is 27.7 Å². The van der Waals surface area contributed by atoms with Crippen LogP contribution >= 0.6 is 0 Å². The van der Waals surface area contributed by atoms with Crippen LogP contribution in [0.4, 0.5) is 0 Å². The summed E-state index contributed by atoms with van der Waals surface area (Å²) < 4.78 is 0. The third kappa shape index (κ3) is 980. The third-order valence-corrected chi connectivity index (χ3v) is 0.